The van der Waals surface area contributed by atoms with Crippen molar-refractivity contribution in [2.75, 3.05) is 0 Å². The second-order valence-electron chi connectivity index (χ2n) is 4.51. The molecule has 0 saturated carbocycles. The lowest BCUT2D eigenvalue weighted by atomic mass is 10.2. The Balaban J connectivity index is 1.94. The van der Waals surface area contributed by atoms with Gasteiger partial charge in [-0.15, -0.1) is 11.3 Å². The Morgan fingerprint density at radius 3 is 2.90 bits per heavy atom. The lowest BCUT2D eigenvalue weighted by Gasteiger charge is -2.01. The number of carbonyl (C=O) groups is 1. The van der Waals surface area contributed by atoms with Crippen molar-refractivity contribution in [3.8, 4) is 10.6 Å². The van der Waals surface area contributed by atoms with Gasteiger partial charge in [0.15, 0.2) is 6.29 Å². The first kappa shape index (κ1) is 14.2. The highest BCUT2D eigenvalue weighted by atomic mass is 79.9. The normalized spacial score (nSPS) is 10.8. The van der Waals surface area contributed by atoms with Crippen molar-refractivity contribution >= 4 is 33.6 Å². The monoisotopic (exact) mass is 364 g/mol. The molecule has 3 aromatic rings. The Kier molecular flexibility index (Phi) is 3.98. The van der Waals surface area contributed by atoms with Gasteiger partial charge in [-0.2, -0.15) is 5.10 Å². The lowest BCUT2D eigenvalue weighted by molar-refractivity contribution is 0.112. The van der Waals surface area contributed by atoms with Crippen molar-refractivity contribution in [2.45, 2.75) is 6.54 Å². The van der Waals surface area contributed by atoms with Crippen LogP contribution in [0.4, 0.5) is 4.39 Å². The maximum Gasteiger partial charge on any atom is 0.153 e. The number of hydrogen-bond donors (Lipinski definition) is 0. The highest BCUT2D eigenvalue weighted by Crippen LogP contribution is 2.30. The van der Waals surface area contributed by atoms with Crippen molar-refractivity contribution in [3.63, 3.8) is 0 Å². The predicted octanol–water partition coefficient (Wildman–Crippen LogP) is 4.37. The van der Waals surface area contributed by atoms with Crippen LogP contribution < -0.4 is 0 Å². The summed E-state index contributed by atoms with van der Waals surface area (Å²) in [5.41, 5.74) is 1.98. The number of aldehydes is 1. The van der Waals surface area contributed by atoms with E-state index in [1.54, 1.807) is 16.9 Å². The summed E-state index contributed by atoms with van der Waals surface area (Å²) in [6.07, 6.45) is 2.47. The molecule has 3 nitrogen and oxygen atoms in total. The average Bonchev–Trinajstić information content (AvgIpc) is 3.05. The Bertz CT molecular complexity index is 797. The van der Waals surface area contributed by atoms with Gasteiger partial charge in [-0.1, -0.05) is 12.1 Å². The van der Waals surface area contributed by atoms with Gasteiger partial charge in [0.05, 0.1) is 17.0 Å². The molecule has 6 heteroatoms. The van der Waals surface area contributed by atoms with Gasteiger partial charge in [-0.25, -0.2) is 4.39 Å². The smallest absolute Gasteiger partial charge is 0.153 e. The molecule has 0 radical (unpaired) electrons. The zero-order valence-electron chi connectivity index (χ0n) is 10.8. The number of aromatic nitrogens is 2. The number of hydrogen-bond acceptors (Lipinski definition) is 3. The summed E-state index contributed by atoms with van der Waals surface area (Å²) >= 11 is 4.90. The minimum absolute atomic E-state index is 0.280. The predicted molar refractivity (Wildman–Crippen MR) is 84.1 cm³/mol. The second kappa shape index (κ2) is 5.91. The van der Waals surface area contributed by atoms with Crippen LogP contribution in [0.15, 0.2) is 46.4 Å². The lowest BCUT2D eigenvalue weighted by Crippen LogP contribution is -2.00. The van der Waals surface area contributed by atoms with Gasteiger partial charge < -0.3 is 0 Å². The van der Waals surface area contributed by atoms with Gasteiger partial charge >= 0.3 is 0 Å². The van der Waals surface area contributed by atoms with Crippen LogP contribution in [0.2, 0.25) is 0 Å². The van der Waals surface area contributed by atoms with Crippen LogP contribution in [0.25, 0.3) is 10.6 Å². The molecule has 0 spiro atoms. The Morgan fingerprint density at radius 1 is 1.38 bits per heavy atom. The summed E-state index contributed by atoms with van der Waals surface area (Å²) in [5.74, 6) is -0.280. The molecular weight excluding hydrogens is 355 g/mol. The van der Waals surface area contributed by atoms with E-state index in [1.807, 2.05) is 17.5 Å². The average molecular weight is 365 g/mol. The molecule has 2 aromatic heterocycles. The van der Waals surface area contributed by atoms with E-state index in [9.17, 15) is 9.18 Å². The molecule has 0 aliphatic rings. The van der Waals surface area contributed by atoms with Crippen molar-refractivity contribution in [3.05, 3.63) is 63.3 Å². The molecule has 0 unspecified atom stereocenters. The van der Waals surface area contributed by atoms with Crippen molar-refractivity contribution in [2.24, 2.45) is 0 Å². The summed E-state index contributed by atoms with van der Waals surface area (Å²) in [7, 11) is 0. The fraction of sp³-hybridized carbons (Fsp3) is 0.0667. The molecule has 21 heavy (non-hydrogen) atoms. The van der Waals surface area contributed by atoms with Crippen LogP contribution in [-0.4, -0.2) is 16.1 Å². The minimum atomic E-state index is -0.280. The number of rotatable bonds is 4. The summed E-state index contributed by atoms with van der Waals surface area (Å²) in [4.78, 5) is 12.1. The molecule has 1 aromatic carbocycles. The van der Waals surface area contributed by atoms with Crippen LogP contribution in [0.5, 0.6) is 0 Å². The van der Waals surface area contributed by atoms with E-state index < -0.39 is 0 Å². The first-order chi connectivity index (χ1) is 10.2. The van der Waals surface area contributed by atoms with Crippen molar-refractivity contribution < 1.29 is 9.18 Å². The molecule has 0 aliphatic carbocycles. The van der Waals surface area contributed by atoms with E-state index in [4.69, 9.17) is 0 Å². The second-order valence-corrected chi connectivity index (χ2v) is 6.33. The maximum absolute atomic E-state index is 13.2. The van der Waals surface area contributed by atoms with E-state index in [1.165, 1.54) is 23.5 Å². The topological polar surface area (TPSA) is 34.9 Å². The molecule has 3 rings (SSSR count). The van der Waals surface area contributed by atoms with Crippen LogP contribution in [0.1, 0.15) is 15.9 Å². The molecule has 106 valence electrons. The standard InChI is InChI=1S/C15H10BrFN2OS/c16-12-5-14(21-9-12)15-11(8-20)7-19(18-15)6-10-2-1-3-13(17)4-10/h1-5,7-9H,6H2. The molecule has 0 bridgehead atoms. The SMILES string of the molecule is O=Cc1cn(Cc2cccc(F)c2)nc1-c1cc(Br)cs1. The third kappa shape index (κ3) is 3.11. The first-order valence-corrected chi connectivity index (χ1v) is 7.84. The fourth-order valence-corrected chi connectivity index (χ4v) is 3.49. The van der Waals surface area contributed by atoms with E-state index in [0.29, 0.717) is 17.8 Å². The Labute approximate surface area is 133 Å². The Hall–Kier alpha value is -1.79. The molecule has 0 aliphatic heterocycles. The van der Waals surface area contributed by atoms with Gasteiger partial charge in [0.2, 0.25) is 0 Å². The third-order valence-corrected chi connectivity index (χ3v) is 4.65. The van der Waals surface area contributed by atoms with Gasteiger partial charge in [0.25, 0.3) is 0 Å². The third-order valence-electron chi connectivity index (χ3n) is 2.95. The zero-order chi connectivity index (χ0) is 14.8. The number of carbonyl (C=O) groups excluding carboxylic acids is 1. The van der Waals surface area contributed by atoms with E-state index in [0.717, 1.165) is 21.2 Å². The molecule has 0 atom stereocenters. The summed E-state index contributed by atoms with van der Waals surface area (Å²) in [6, 6.07) is 8.27. The van der Waals surface area contributed by atoms with Crippen molar-refractivity contribution in [1.82, 2.24) is 9.78 Å². The van der Waals surface area contributed by atoms with Crippen LogP contribution in [-0.2, 0) is 6.54 Å². The van der Waals surface area contributed by atoms with Crippen LogP contribution >= 0.6 is 27.3 Å². The van der Waals surface area contributed by atoms with Gasteiger partial charge in [-0.05, 0) is 39.7 Å². The minimum Gasteiger partial charge on any atom is -0.298 e. The molecule has 0 N–H and O–H groups in total. The maximum atomic E-state index is 13.2. The Morgan fingerprint density at radius 2 is 2.24 bits per heavy atom. The van der Waals surface area contributed by atoms with E-state index in [-0.39, 0.29) is 5.82 Å². The van der Waals surface area contributed by atoms with Crippen molar-refractivity contribution in [1.29, 1.82) is 0 Å². The number of benzene rings is 1. The van der Waals surface area contributed by atoms with E-state index in [2.05, 4.69) is 21.0 Å². The zero-order valence-corrected chi connectivity index (χ0v) is 13.2. The number of nitrogens with zero attached hydrogens (tertiary/aromatic N) is 2. The molecule has 0 amide bonds. The molecule has 2 heterocycles. The highest BCUT2D eigenvalue weighted by Gasteiger charge is 2.13. The quantitative estimate of drug-likeness (QED) is 0.644. The molecule has 0 saturated heterocycles. The largest absolute Gasteiger partial charge is 0.298 e. The van der Waals surface area contributed by atoms with Crippen LogP contribution in [0.3, 0.4) is 0 Å². The van der Waals surface area contributed by atoms with Crippen LogP contribution in [0, 0.1) is 5.82 Å². The fourth-order valence-electron chi connectivity index (χ4n) is 2.06. The van der Waals surface area contributed by atoms with Gasteiger partial charge in [-0.3, -0.25) is 9.48 Å². The highest BCUT2D eigenvalue weighted by molar-refractivity contribution is 9.10. The van der Waals surface area contributed by atoms with Gasteiger partial charge in [0.1, 0.15) is 11.5 Å². The summed E-state index contributed by atoms with van der Waals surface area (Å²) < 4.78 is 15.8. The summed E-state index contributed by atoms with van der Waals surface area (Å²) in [5, 5.41) is 6.38. The number of thiophene rings is 1. The molecule has 0 fully saturated rings. The number of halogens is 2. The van der Waals surface area contributed by atoms with E-state index >= 15 is 0 Å². The first-order valence-electron chi connectivity index (χ1n) is 6.17. The summed E-state index contributed by atoms with van der Waals surface area (Å²) in [6.45, 7) is 0.422. The van der Waals surface area contributed by atoms with Gasteiger partial charge in [0, 0.05) is 16.0 Å². The molecular formula is C15H10BrFN2OS.